The molecule has 0 radical (unpaired) electrons. The van der Waals surface area contributed by atoms with Gasteiger partial charge in [-0.3, -0.25) is 14.4 Å². The number of nitrogens with zero attached hydrogens (tertiary/aromatic N) is 3. The molecule has 2 heterocycles. The van der Waals surface area contributed by atoms with Crippen LogP contribution in [0.3, 0.4) is 0 Å². The van der Waals surface area contributed by atoms with Crippen LogP contribution >= 0.6 is 0 Å². The molecular weight excluding hydrogens is 300 g/mol. The van der Waals surface area contributed by atoms with Crippen molar-refractivity contribution in [2.24, 2.45) is 13.0 Å². The maximum atomic E-state index is 12.4. The first-order chi connectivity index (χ1) is 11.6. The Bertz CT molecular complexity index is 659. The molecule has 3 rings (SSSR count). The first-order valence-electron chi connectivity index (χ1n) is 8.69. The average Bonchev–Trinajstić information content (AvgIpc) is 3.00. The number of aromatic nitrogens is 2. The van der Waals surface area contributed by atoms with Gasteiger partial charge >= 0.3 is 0 Å². The van der Waals surface area contributed by atoms with Gasteiger partial charge in [0.05, 0.1) is 17.9 Å². The van der Waals surface area contributed by atoms with Crippen LogP contribution in [0.4, 0.5) is 5.69 Å². The van der Waals surface area contributed by atoms with E-state index in [4.69, 9.17) is 0 Å². The van der Waals surface area contributed by atoms with Gasteiger partial charge in [0.25, 0.3) is 0 Å². The predicted octanol–water partition coefficient (Wildman–Crippen LogP) is 2.70. The molecule has 0 saturated carbocycles. The summed E-state index contributed by atoms with van der Waals surface area (Å²) in [6, 6.07) is 10.6. The van der Waals surface area contributed by atoms with Gasteiger partial charge in [-0.15, -0.1) is 0 Å². The lowest BCUT2D eigenvalue weighted by molar-refractivity contribution is -0.121. The van der Waals surface area contributed by atoms with Gasteiger partial charge in [0, 0.05) is 13.2 Å². The minimum absolute atomic E-state index is 0.0458. The van der Waals surface area contributed by atoms with Gasteiger partial charge in [-0.25, -0.2) is 0 Å². The summed E-state index contributed by atoms with van der Waals surface area (Å²) in [5, 5.41) is 7.03. The number of benzene rings is 1. The van der Waals surface area contributed by atoms with Crippen LogP contribution < -0.4 is 5.32 Å². The van der Waals surface area contributed by atoms with Crippen LogP contribution in [0.1, 0.15) is 25.3 Å². The number of nitrogens with one attached hydrogen (secondary N) is 1. The third-order valence-corrected chi connectivity index (χ3v) is 4.92. The van der Waals surface area contributed by atoms with E-state index in [2.05, 4.69) is 45.6 Å². The zero-order valence-corrected chi connectivity index (χ0v) is 14.5. The Balaban J connectivity index is 1.47. The van der Waals surface area contributed by atoms with Gasteiger partial charge in [-0.05, 0) is 50.8 Å². The van der Waals surface area contributed by atoms with Crippen molar-refractivity contribution in [2.75, 3.05) is 18.4 Å². The van der Waals surface area contributed by atoms with E-state index >= 15 is 0 Å². The molecule has 5 nitrogen and oxygen atoms in total. The van der Waals surface area contributed by atoms with Gasteiger partial charge in [0.1, 0.15) is 0 Å². The minimum atomic E-state index is -0.108. The number of carbonyl (C=O) groups excluding carboxylic acids is 1. The number of anilines is 1. The normalized spacial score (nSPS) is 17.6. The highest BCUT2D eigenvalue weighted by atomic mass is 16.2. The lowest BCUT2D eigenvalue weighted by atomic mass is 9.89. The molecule has 1 N–H and O–H groups in total. The first kappa shape index (κ1) is 16.7. The van der Waals surface area contributed by atoms with Gasteiger partial charge in [0.15, 0.2) is 0 Å². The Hall–Kier alpha value is -2.14. The van der Waals surface area contributed by atoms with Gasteiger partial charge in [0.2, 0.25) is 5.91 Å². The summed E-state index contributed by atoms with van der Waals surface area (Å²) in [6.07, 6.45) is 6.94. The lowest BCUT2D eigenvalue weighted by Crippen LogP contribution is -2.46. The molecular formula is C19H26N4O. The molecule has 2 aromatic rings. The van der Waals surface area contributed by atoms with Crippen molar-refractivity contribution in [1.82, 2.24) is 14.7 Å². The van der Waals surface area contributed by atoms with Gasteiger partial charge in [-0.1, -0.05) is 30.3 Å². The fourth-order valence-corrected chi connectivity index (χ4v) is 3.39. The van der Waals surface area contributed by atoms with E-state index in [1.165, 1.54) is 5.56 Å². The highest BCUT2D eigenvalue weighted by Crippen LogP contribution is 2.23. The van der Waals surface area contributed by atoms with Crippen molar-refractivity contribution in [3.8, 4) is 0 Å². The second-order valence-electron chi connectivity index (χ2n) is 6.74. The minimum Gasteiger partial charge on any atom is -0.322 e. The molecule has 1 amide bonds. The summed E-state index contributed by atoms with van der Waals surface area (Å²) in [6.45, 7) is 3.96. The van der Waals surface area contributed by atoms with E-state index in [-0.39, 0.29) is 11.9 Å². The number of rotatable bonds is 5. The monoisotopic (exact) mass is 326 g/mol. The Morgan fingerprint density at radius 1 is 1.29 bits per heavy atom. The fourth-order valence-electron chi connectivity index (χ4n) is 3.39. The average molecular weight is 326 g/mol. The van der Waals surface area contributed by atoms with Crippen molar-refractivity contribution in [2.45, 2.75) is 32.2 Å². The smallest absolute Gasteiger partial charge is 0.241 e. The largest absolute Gasteiger partial charge is 0.322 e. The molecule has 24 heavy (non-hydrogen) atoms. The second kappa shape index (κ2) is 7.62. The number of carbonyl (C=O) groups is 1. The number of likely N-dealkylation sites (tertiary alicyclic amines) is 1. The third-order valence-electron chi connectivity index (χ3n) is 4.92. The van der Waals surface area contributed by atoms with Crippen molar-refractivity contribution >= 4 is 11.6 Å². The molecule has 1 atom stereocenters. The summed E-state index contributed by atoms with van der Waals surface area (Å²) in [4.78, 5) is 14.7. The number of piperidine rings is 1. The molecule has 1 aliphatic heterocycles. The molecule has 1 aromatic heterocycles. The summed E-state index contributed by atoms with van der Waals surface area (Å²) < 4.78 is 1.69. The third kappa shape index (κ3) is 4.23. The fraction of sp³-hybridized carbons (Fsp3) is 0.474. The summed E-state index contributed by atoms with van der Waals surface area (Å²) in [7, 11) is 1.84. The van der Waals surface area contributed by atoms with Crippen molar-refractivity contribution in [3.05, 3.63) is 48.3 Å². The van der Waals surface area contributed by atoms with E-state index < -0.39 is 0 Å². The van der Waals surface area contributed by atoms with Crippen molar-refractivity contribution in [3.63, 3.8) is 0 Å². The molecule has 0 unspecified atom stereocenters. The number of hydrogen-bond donors (Lipinski definition) is 1. The molecule has 0 aliphatic carbocycles. The maximum absolute atomic E-state index is 12.4. The van der Waals surface area contributed by atoms with Crippen LogP contribution in [0.15, 0.2) is 42.7 Å². The highest BCUT2D eigenvalue weighted by molar-refractivity contribution is 5.94. The lowest BCUT2D eigenvalue weighted by Gasteiger charge is -2.35. The number of hydrogen-bond acceptors (Lipinski definition) is 3. The van der Waals surface area contributed by atoms with Crippen molar-refractivity contribution in [1.29, 1.82) is 0 Å². The van der Waals surface area contributed by atoms with E-state index in [1.54, 1.807) is 10.9 Å². The molecule has 5 heteroatoms. The predicted molar refractivity (Wildman–Crippen MR) is 95.7 cm³/mol. The maximum Gasteiger partial charge on any atom is 0.241 e. The Morgan fingerprint density at radius 3 is 2.62 bits per heavy atom. The molecule has 1 aromatic carbocycles. The van der Waals surface area contributed by atoms with Crippen LogP contribution in [-0.2, 0) is 18.3 Å². The van der Waals surface area contributed by atoms with E-state index in [1.807, 2.05) is 20.2 Å². The zero-order valence-electron chi connectivity index (χ0n) is 14.5. The van der Waals surface area contributed by atoms with Crippen LogP contribution in [0.25, 0.3) is 0 Å². The van der Waals surface area contributed by atoms with Gasteiger partial charge in [-0.2, -0.15) is 5.10 Å². The number of amides is 1. The topological polar surface area (TPSA) is 50.2 Å². The Labute approximate surface area is 143 Å². The zero-order chi connectivity index (χ0) is 16.9. The SMILES string of the molecule is C[C@@H](C(=O)Nc1cnn(C)c1)N1CCC(Cc2ccccc2)CC1. The Kier molecular flexibility index (Phi) is 5.30. The molecule has 0 spiro atoms. The summed E-state index contributed by atoms with van der Waals surface area (Å²) >= 11 is 0. The molecule has 128 valence electrons. The van der Waals surface area contributed by atoms with E-state index in [0.29, 0.717) is 0 Å². The van der Waals surface area contributed by atoms with Gasteiger partial charge < -0.3 is 5.32 Å². The van der Waals surface area contributed by atoms with Crippen LogP contribution in [-0.4, -0.2) is 39.7 Å². The van der Waals surface area contributed by atoms with Crippen LogP contribution in [0.5, 0.6) is 0 Å². The highest BCUT2D eigenvalue weighted by Gasteiger charge is 2.26. The van der Waals surface area contributed by atoms with Crippen molar-refractivity contribution < 1.29 is 4.79 Å². The molecule has 0 bridgehead atoms. The Morgan fingerprint density at radius 2 is 2.00 bits per heavy atom. The van der Waals surface area contributed by atoms with Crippen LogP contribution in [0, 0.1) is 5.92 Å². The first-order valence-corrected chi connectivity index (χ1v) is 8.69. The standard InChI is InChI=1S/C19H26N4O/c1-15(19(24)21-18-13-20-22(2)14-18)23-10-8-17(9-11-23)12-16-6-4-3-5-7-16/h3-7,13-15,17H,8-12H2,1-2H3,(H,21,24)/t15-/m0/s1. The molecule has 1 fully saturated rings. The molecule has 1 aliphatic rings. The quantitative estimate of drug-likeness (QED) is 0.919. The van der Waals surface area contributed by atoms with Crippen LogP contribution in [0.2, 0.25) is 0 Å². The van der Waals surface area contributed by atoms with E-state index in [9.17, 15) is 4.79 Å². The summed E-state index contributed by atoms with van der Waals surface area (Å²) in [5.74, 6) is 0.766. The number of aryl methyl sites for hydroxylation is 1. The molecule has 1 saturated heterocycles. The summed E-state index contributed by atoms with van der Waals surface area (Å²) in [5.41, 5.74) is 2.17. The second-order valence-corrected chi connectivity index (χ2v) is 6.74. The van der Waals surface area contributed by atoms with E-state index in [0.717, 1.165) is 44.0 Å².